The minimum Gasteiger partial charge on any atom is -0.480 e. The maximum absolute atomic E-state index is 11.7. The molecule has 1 saturated heterocycles. The van der Waals surface area contributed by atoms with Crippen molar-refractivity contribution in [3.05, 3.63) is 35.4 Å². The van der Waals surface area contributed by atoms with Gasteiger partial charge in [-0.15, -0.1) is 0 Å². The van der Waals surface area contributed by atoms with E-state index in [9.17, 15) is 9.90 Å². The molecule has 3 aliphatic rings. The highest BCUT2D eigenvalue weighted by Crippen LogP contribution is 2.43. The van der Waals surface area contributed by atoms with Crippen LogP contribution in [0.1, 0.15) is 43.2 Å². The Balaban J connectivity index is 1.61. The van der Waals surface area contributed by atoms with Gasteiger partial charge in [-0.2, -0.15) is 0 Å². The van der Waals surface area contributed by atoms with E-state index in [1.165, 1.54) is 36.8 Å². The molecule has 1 saturated carbocycles. The molecule has 3 heteroatoms. The second-order valence-corrected chi connectivity index (χ2v) is 6.98. The van der Waals surface area contributed by atoms with E-state index in [1.54, 1.807) is 0 Å². The maximum Gasteiger partial charge on any atom is 0.320 e. The first-order chi connectivity index (χ1) is 10.2. The first-order valence-corrected chi connectivity index (χ1v) is 8.31. The van der Waals surface area contributed by atoms with Gasteiger partial charge in [-0.25, -0.2) is 0 Å². The average molecular weight is 285 g/mol. The summed E-state index contributed by atoms with van der Waals surface area (Å²) in [5, 5.41) is 9.67. The smallest absolute Gasteiger partial charge is 0.320 e. The Kier molecular flexibility index (Phi) is 3.26. The highest BCUT2D eigenvalue weighted by molar-refractivity contribution is 5.74. The molecule has 3 atom stereocenters. The fourth-order valence-electron chi connectivity index (χ4n) is 5.00. The van der Waals surface area contributed by atoms with E-state index in [0.717, 1.165) is 19.3 Å². The lowest BCUT2D eigenvalue weighted by Crippen LogP contribution is -2.49. The molecule has 0 bridgehead atoms. The molecule has 0 amide bonds. The number of aliphatic carboxylic acids is 1. The molecule has 1 aromatic carbocycles. The highest BCUT2D eigenvalue weighted by atomic mass is 16.4. The van der Waals surface area contributed by atoms with Crippen LogP contribution in [0.2, 0.25) is 0 Å². The number of benzene rings is 1. The first-order valence-electron chi connectivity index (χ1n) is 8.31. The van der Waals surface area contributed by atoms with Gasteiger partial charge in [0.25, 0.3) is 0 Å². The van der Waals surface area contributed by atoms with Crippen LogP contribution in [0.5, 0.6) is 0 Å². The lowest BCUT2D eigenvalue weighted by Gasteiger charge is -2.37. The second kappa shape index (κ2) is 5.13. The zero-order valence-corrected chi connectivity index (χ0v) is 12.4. The molecule has 1 aliphatic heterocycles. The summed E-state index contributed by atoms with van der Waals surface area (Å²) < 4.78 is 0. The third kappa shape index (κ3) is 2.18. The summed E-state index contributed by atoms with van der Waals surface area (Å²) in [6.45, 7) is 0. The van der Waals surface area contributed by atoms with Crippen molar-refractivity contribution >= 4 is 5.97 Å². The quantitative estimate of drug-likeness (QED) is 0.908. The largest absolute Gasteiger partial charge is 0.480 e. The van der Waals surface area contributed by atoms with Crippen molar-refractivity contribution in [1.82, 2.24) is 4.90 Å². The summed E-state index contributed by atoms with van der Waals surface area (Å²) in [4.78, 5) is 14.1. The molecule has 1 heterocycles. The van der Waals surface area contributed by atoms with E-state index < -0.39 is 5.97 Å². The SMILES string of the molecule is O=C(O)C1CC2CCCCC2N1C1Cc2ccccc2C1. The first kappa shape index (κ1) is 13.3. The summed E-state index contributed by atoms with van der Waals surface area (Å²) >= 11 is 0. The molecule has 3 unspecified atom stereocenters. The molecule has 3 nitrogen and oxygen atoms in total. The van der Waals surface area contributed by atoms with Crippen LogP contribution in [0, 0.1) is 5.92 Å². The van der Waals surface area contributed by atoms with Crippen molar-refractivity contribution in [1.29, 1.82) is 0 Å². The monoisotopic (exact) mass is 285 g/mol. The molecular formula is C18H23NO2. The van der Waals surface area contributed by atoms with Gasteiger partial charge in [0.15, 0.2) is 0 Å². The van der Waals surface area contributed by atoms with E-state index in [0.29, 0.717) is 18.0 Å². The minimum atomic E-state index is -0.611. The molecule has 0 aromatic heterocycles. The van der Waals surface area contributed by atoms with Gasteiger partial charge in [0.2, 0.25) is 0 Å². The number of rotatable bonds is 2. The van der Waals surface area contributed by atoms with Crippen LogP contribution in [0.4, 0.5) is 0 Å². The standard InChI is InChI=1S/C18H23NO2/c20-18(21)17-11-14-7-3-4-8-16(14)19(17)15-9-12-5-1-2-6-13(12)10-15/h1-2,5-6,14-17H,3-4,7-11H2,(H,20,21). The van der Waals surface area contributed by atoms with Gasteiger partial charge in [0.1, 0.15) is 6.04 Å². The topological polar surface area (TPSA) is 40.5 Å². The van der Waals surface area contributed by atoms with E-state index in [-0.39, 0.29) is 6.04 Å². The molecule has 112 valence electrons. The average Bonchev–Trinajstić information content (AvgIpc) is 3.07. The summed E-state index contributed by atoms with van der Waals surface area (Å²) in [6, 6.07) is 9.28. The van der Waals surface area contributed by atoms with Crippen molar-refractivity contribution in [2.75, 3.05) is 0 Å². The van der Waals surface area contributed by atoms with Gasteiger partial charge in [0.05, 0.1) is 0 Å². The normalized spacial score (nSPS) is 32.9. The van der Waals surface area contributed by atoms with Crippen LogP contribution in [0.25, 0.3) is 0 Å². The number of nitrogens with zero attached hydrogens (tertiary/aromatic N) is 1. The van der Waals surface area contributed by atoms with Gasteiger partial charge in [-0.05, 0) is 49.1 Å². The Bertz CT molecular complexity index is 531. The number of fused-ring (bicyclic) bond motifs is 2. The lowest BCUT2D eigenvalue weighted by molar-refractivity contribution is -0.143. The van der Waals surface area contributed by atoms with Crippen LogP contribution in [0.15, 0.2) is 24.3 Å². The fraction of sp³-hybridized carbons (Fsp3) is 0.611. The van der Waals surface area contributed by atoms with Crippen LogP contribution >= 0.6 is 0 Å². The predicted molar refractivity (Wildman–Crippen MR) is 81.3 cm³/mol. The van der Waals surface area contributed by atoms with Crippen LogP contribution in [-0.2, 0) is 17.6 Å². The number of carboxylic acid groups (broad SMARTS) is 1. The molecule has 1 aromatic rings. The van der Waals surface area contributed by atoms with Gasteiger partial charge < -0.3 is 5.11 Å². The Labute approximate surface area is 126 Å². The Hall–Kier alpha value is -1.35. The molecule has 0 radical (unpaired) electrons. The predicted octanol–water partition coefficient (Wildman–Crippen LogP) is 2.87. The number of likely N-dealkylation sites (tertiary alicyclic amines) is 1. The summed E-state index contributed by atoms with van der Waals surface area (Å²) in [5.41, 5.74) is 2.84. The molecule has 21 heavy (non-hydrogen) atoms. The summed E-state index contributed by atoms with van der Waals surface area (Å²) in [7, 11) is 0. The van der Waals surface area contributed by atoms with Gasteiger partial charge in [-0.3, -0.25) is 9.69 Å². The van der Waals surface area contributed by atoms with Crippen molar-refractivity contribution in [2.24, 2.45) is 5.92 Å². The maximum atomic E-state index is 11.7. The van der Waals surface area contributed by atoms with E-state index >= 15 is 0 Å². The Morgan fingerprint density at radius 1 is 1.10 bits per heavy atom. The summed E-state index contributed by atoms with van der Waals surface area (Å²) in [6.07, 6.45) is 7.90. The number of hydrogen-bond acceptors (Lipinski definition) is 2. The Morgan fingerprint density at radius 3 is 2.43 bits per heavy atom. The third-order valence-corrected chi connectivity index (χ3v) is 5.87. The minimum absolute atomic E-state index is 0.252. The molecule has 2 aliphatic carbocycles. The number of carboxylic acids is 1. The lowest BCUT2D eigenvalue weighted by atomic mass is 9.84. The van der Waals surface area contributed by atoms with Gasteiger partial charge in [-0.1, -0.05) is 37.1 Å². The van der Waals surface area contributed by atoms with E-state index in [1.807, 2.05) is 0 Å². The van der Waals surface area contributed by atoms with Crippen LogP contribution in [-0.4, -0.2) is 34.1 Å². The van der Waals surface area contributed by atoms with Crippen molar-refractivity contribution in [2.45, 2.75) is 63.1 Å². The zero-order valence-electron chi connectivity index (χ0n) is 12.4. The number of hydrogen-bond donors (Lipinski definition) is 1. The highest BCUT2D eigenvalue weighted by Gasteiger charge is 2.48. The molecule has 2 fully saturated rings. The molecule has 0 spiro atoms. The fourth-order valence-corrected chi connectivity index (χ4v) is 5.00. The summed E-state index contributed by atoms with van der Waals surface area (Å²) in [5.74, 6) is 0.00363. The van der Waals surface area contributed by atoms with Crippen LogP contribution < -0.4 is 0 Å². The van der Waals surface area contributed by atoms with E-state index in [4.69, 9.17) is 0 Å². The van der Waals surface area contributed by atoms with Crippen molar-refractivity contribution in [3.8, 4) is 0 Å². The van der Waals surface area contributed by atoms with Crippen molar-refractivity contribution < 1.29 is 9.90 Å². The van der Waals surface area contributed by atoms with Gasteiger partial charge >= 0.3 is 5.97 Å². The Morgan fingerprint density at radius 2 is 1.76 bits per heavy atom. The van der Waals surface area contributed by atoms with Gasteiger partial charge in [0, 0.05) is 12.1 Å². The zero-order chi connectivity index (χ0) is 14.4. The molecule has 1 N–H and O–H groups in total. The molecule has 4 rings (SSSR count). The van der Waals surface area contributed by atoms with Crippen molar-refractivity contribution in [3.63, 3.8) is 0 Å². The molecular weight excluding hydrogens is 262 g/mol. The second-order valence-electron chi connectivity index (χ2n) is 6.98. The van der Waals surface area contributed by atoms with E-state index in [2.05, 4.69) is 29.2 Å². The van der Waals surface area contributed by atoms with Crippen LogP contribution in [0.3, 0.4) is 0 Å². The number of carbonyl (C=O) groups is 1. The third-order valence-electron chi connectivity index (χ3n) is 5.87.